The Labute approximate surface area is 113 Å². The average molecular weight is 266 g/mol. The summed E-state index contributed by atoms with van der Waals surface area (Å²) < 4.78 is 5.99. The topological polar surface area (TPSA) is 35.2 Å². The maximum absolute atomic E-state index is 6.31. The zero-order valence-corrected chi connectivity index (χ0v) is 11.4. The van der Waals surface area contributed by atoms with Gasteiger partial charge in [-0.3, -0.25) is 0 Å². The van der Waals surface area contributed by atoms with Crippen LogP contribution in [-0.4, -0.2) is 13.2 Å². The van der Waals surface area contributed by atoms with Gasteiger partial charge in [-0.2, -0.15) is 0 Å². The quantitative estimate of drug-likeness (QED) is 0.884. The van der Waals surface area contributed by atoms with Crippen molar-refractivity contribution in [3.63, 3.8) is 0 Å². The fourth-order valence-corrected chi connectivity index (χ4v) is 2.97. The first-order chi connectivity index (χ1) is 8.75. The Bertz CT molecular complexity index is 433. The van der Waals surface area contributed by atoms with Gasteiger partial charge >= 0.3 is 0 Å². The molecule has 3 rings (SSSR count). The van der Waals surface area contributed by atoms with E-state index in [-0.39, 0.29) is 5.41 Å². The molecule has 0 aromatic heterocycles. The van der Waals surface area contributed by atoms with E-state index in [1.54, 1.807) is 0 Å². The molecule has 0 aliphatic heterocycles. The van der Waals surface area contributed by atoms with Crippen molar-refractivity contribution < 1.29 is 4.74 Å². The highest BCUT2D eigenvalue weighted by Gasteiger charge is 2.40. The van der Waals surface area contributed by atoms with Gasteiger partial charge in [0.2, 0.25) is 0 Å². The molecule has 2 fully saturated rings. The van der Waals surface area contributed by atoms with Gasteiger partial charge in [0.15, 0.2) is 0 Å². The monoisotopic (exact) mass is 265 g/mol. The van der Waals surface area contributed by atoms with Crippen molar-refractivity contribution in [2.75, 3.05) is 13.2 Å². The molecule has 1 aromatic rings. The molecule has 0 radical (unpaired) electrons. The second kappa shape index (κ2) is 4.75. The lowest BCUT2D eigenvalue weighted by atomic mass is 9.64. The van der Waals surface area contributed by atoms with E-state index in [2.05, 4.69) is 6.07 Å². The summed E-state index contributed by atoms with van der Waals surface area (Å²) in [4.78, 5) is 0. The van der Waals surface area contributed by atoms with Gasteiger partial charge in [0, 0.05) is 17.5 Å². The number of rotatable bonds is 5. The molecule has 0 bridgehead atoms. The van der Waals surface area contributed by atoms with Crippen LogP contribution in [0.3, 0.4) is 0 Å². The second-order valence-corrected chi connectivity index (χ2v) is 6.12. The Morgan fingerprint density at radius 2 is 2.11 bits per heavy atom. The average Bonchev–Trinajstić information content (AvgIpc) is 3.11. The molecular weight excluding hydrogens is 246 g/mol. The molecule has 0 atom stereocenters. The fraction of sp³-hybridized carbons (Fsp3) is 0.600. The van der Waals surface area contributed by atoms with E-state index in [1.807, 2.05) is 12.1 Å². The first-order valence-electron chi connectivity index (χ1n) is 6.87. The van der Waals surface area contributed by atoms with Crippen molar-refractivity contribution in [2.24, 2.45) is 11.7 Å². The lowest BCUT2D eigenvalue weighted by molar-refractivity contribution is 0.232. The van der Waals surface area contributed by atoms with Crippen LogP contribution in [0.1, 0.15) is 37.7 Å². The molecule has 0 spiro atoms. The lowest BCUT2D eigenvalue weighted by Gasteiger charge is -2.42. The van der Waals surface area contributed by atoms with Gasteiger partial charge in [-0.1, -0.05) is 30.2 Å². The maximum atomic E-state index is 6.31. The van der Waals surface area contributed by atoms with E-state index >= 15 is 0 Å². The van der Waals surface area contributed by atoms with Crippen molar-refractivity contribution in [2.45, 2.75) is 37.5 Å². The zero-order chi connectivity index (χ0) is 12.6. The molecule has 2 nitrogen and oxygen atoms in total. The lowest BCUT2D eigenvalue weighted by Crippen LogP contribution is -2.41. The number of nitrogens with two attached hydrogens (primary N) is 1. The van der Waals surface area contributed by atoms with Gasteiger partial charge < -0.3 is 10.5 Å². The maximum Gasteiger partial charge on any atom is 0.141 e. The van der Waals surface area contributed by atoms with Gasteiger partial charge in [0.05, 0.1) is 11.6 Å². The zero-order valence-electron chi connectivity index (χ0n) is 10.6. The van der Waals surface area contributed by atoms with E-state index < -0.39 is 0 Å². The summed E-state index contributed by atoms with van der Waals surface area (Å²) in [5.41, 5.74) is 7.33. The first-order valence-corrected chi connectivity index (χ1v) is 7.25. The van der Waals surface area contributed by atoms with Gasteiger partial charge in [-0.05, 0) is 37.7 Å². The predicted octanol–water partition coefficient (Wildman–Crippen LogP) is 3.51. The largest absolute Gasteiger partial charge is 0.491 e. The summed E-state index contributed by atoms with van der Waals surface area (Å²) in [5.74, 6) is 1.63. The number of ether oxygens (including phenoxy) is 1. The number of halogens is 1. The minimum atomic E-state index is 0.115. The molecule has 3 heteroatoms. The molecule has 18 heavy (non-hydrogen) atoms. The summed E-state index contributed by atoms with van der Waals surface area (Å²) in [7, 11) is 0. The molecule has 0 saturated heterocycles. The van der Waals surface area contributed by atoms with Crippen molar-refractivity contribution >= 4 is 11.6 Å². The molecule has 98 valence electrons. The van der Waals surface area contributed by atoms with Crippen LogP contribution >= 0.6 is 11.6 Å². The Kier molecular flexibility index (Phi) is 3.25. The van der Waals surface area contributed by atoms with Crippen LogP contribution in [0.25, 0.3) is 0 Å². The van der Waals surface area contributed by atoms with Gasteiger partial charge in [0.1, 0.15) is 5.75 Å². The van der Waals surface area contributed by atoms with Crippen molar-refractivity contribution in [1.82, 2.24) is 0 Å². The molecule has 2 N–H and O–H groups in total. The van der Waals surface area contributed by atoms with Crippen molar-refractivity contribution in [3.05, 3.63) is 28.8 Å². The normalized spacial score (nSPS) is 21.4. The van der Waals surface area contributed by atoms with Crippen LogP contribution < -0.4 is 10.5 Å². The Morgan fingerprint density at radius 3 is 2.67 bits per heavy atom. The standard InChI is InChI=1S/C15H20ClNO/c16-13-4-1-3-12(15(10-17)7-2-8-15)14(13)18-9-11-5-6-11/h1,3-4,11H,2,5-10,17H2. The minimum Gasteiger partial charge on any atom is -0.491 e. The van der Waals surface area contributed by atoms with E-state index in [0.717, 1.165) is 36.1 Å². The minimum absolute atomic E-state index is 0.115. The van der Waals surface area contributed by atoms with Crippen LogP contribution in [0.15, 0.2) is 18.2 Å². The third-order valence-electron chi connectivity index (χ3n) is 4.40. The number of para-hydroxylation sites is 1. The Morgan fingerprint density at radius 1 is 1.33 bits per heavy atom. The molecule has 0 amide bonds. The van der Waals surface area contributed by atoms with Crippen LogP contribution in [0.4, 0.5) is 0 Å². The second-order valence-electron chi connectivity index (χ2n) is 5.71. The summed E-state index contributed by atoms with van der Waals surface area (Å²) in [6, 6.07) is 6.06. The third kappa shape index (κ3) is 2.12. The van der Waals surface area contributed by atoms with Crippen molar-refractivity contribution in [1.29, 1.82) is 0 Å². The first kappa shape index (κ1) is 12.3. The summed E-state index contributed by atoms with van der Waals surface area (Å²) in [6.07, 6.45) is 6.16. The summed E-state index contributed by atoms with van der Waals surface area (Å²) in [6.45, 7) is 1.49. The Balaban J connectivity index is 1.89. The molecule has 1 aromatic carbocycles. The highest BCUT2D eigenvalue weighted by atomic mass is 35.5. The fourth-order valence-electron chi connectivity index (χ4n) is 2.75. The van der Waals surface area contributed by atoms with Gasteiger partial charge in [-0.25, -0.2) is 0 Å². The molecule has 2 saturated carbocycles. The van der Waals surface area contributed by atoms with Gasteiger partial charge in [-0.15, -0.1) is 0 Å². The summed E-state index contributed by atoms with van der Waals surface area (Å²) >= 11 is 6.31. The van der Waals surface area contributed by atoms with E-state index in [1.165, 1.54) is 24.8 Å². The predicted molar refractivity (Wildman–Crippen MR) is 74.3 cm³/mol. The van der Waals surface area contributed by atoms with Crippen LogP contribution in [0, 0.1) is 5.92 Å². The van der Waals surface area contributed by atoms with Crippen molar-refractivity contribution in [3.8, 4) is 5.75 Å². The van der Waals surface area contributed by atoms with Gasteiger partial charge in [0.25, 0.3) is 0 Å². The van der Waals surface area contributed by atoms with E-state index in [9.17, 15) is 0 Å². The van der Waals surface area contributed by atoms with Crippen LogP contribution in [0.5, 0.6) is 5.75 Å². The number of hydrogen-bond acceptors (Lipinski definition) is 2. The van der Waals surface area contributed by atoms with E-state index in [0.29, 0.717) is 6.54 Å². The summed E-state index contributed by atoms with van der Waals surface area (Å²) in [5, 5.41) is 0.730. The van der Waals surface area contributed by atoms with E-state index in [4.69, 9.17) is 22.1 Å². The molecule has 0 heterocycles. The van der Waals surface area contributed by atoms with Crippen LogP contribution in [0.2, 0.25) is 5.02 Å². The molecule has 0 unspecified atom stereocenters. The molecule has 2 aliphatic carbocycles. The number of benzene rings is 1. The highest BCUT2D eigenvalue weighted by Crippen LogP contribution is 2.48. The SMILES string of the molecule is NCC1(c2cccc(Cl)c2OCC2CC2)CCC1. The van der Waals surface area contributed by atoms with Crippen LogP contribution in [-0.2, 0) is 5.41 Å². The molecular formula is C15H20ClNO. The Hall–Kier alpha value is -0.730. The number of hydrogen-bond donors (Lipinski definition) is 1. The molecule has 2 aliphatic rings. The smallest absolute Gasteiger partial charge is 0.141 e. The third-order valence-corrected chi connectivity index (χ3v) is 4.70. The highest BCUT2D eigenvalue weighted by molar-refractivity contribution is 6.32.